The summed E-state index contributed by atoms with van der Waals surface area (Å²) in [6, 6.07) is 0. The molecule has 0 heterocycles. The first-order valence-corrected chi connectivity index (χ1v) is 7.27. The Kier molecular flexibility index (Phi) is 107. The number of hydrogen-bond acceptors (Lipinski definition) is 16. The predicted molar refractivity (Wildman–Crippen MR) is 91.2 cm³/mol. The van der Waals surface area contributed by atoms with Gasteiger partial charge in [0.2, 0.25) is 0 Å². The van der Waals surface area contributed by atoms with E-state index in [1.54, 1.807) is 0 Å². The maximum atomic E-state index is 8.89. The third-order valence-electron chi connectivity index (χ3n) is 0. The summed E-state index contributed by atoms with van der Waals surface area (Å²) in [5.74, 6) is -8.67. The topological polar surface area (TPSA) is 321 Å². The van der Waals surface area contributed by atoms with E-state index in [0.29, 0.717) is 0 Å². The Morgan fingerprint density at radius 2 is 0.294 bits per heavy atom. The molecule has 0 spiro atoms. The van der Waals surface area contributed by atoms with Crippen molar-refractivity contribution in [1.29, 1.82) is 0 Å². The second-order valence-corrected chi connectivity index (χ2v) is 3.93. The van der Waals surface area contributed by atoms with E-state index in [1.807, 2.05) is 0 Å². The number of carboxylic acids is 8. The van der Waals surface area contributed by atoms with Crippen LogP contribution in [0.5, 0.6) is 0 Å². The Balaban J connectivity index is -0.0000000240. The molecule has 0 saturated heterocycles. The maximum absolute atomic E-state index is 8.89. The van der Waals surface area contributed by atoms with E-state index in [-0.39, 0.29) is 54.2 Å². The molecule has 0 aliphatic heterocycles. The molecule has 0 rings (SSSR count). The molecule has 0 unspecified atom stereocenters. The van der Waals surface area contributed by atoms with Crippen molar-refractivity contribution in [2.45, 2.75) is 55.4 Å². The Hall–Kier alpha value is -2.42. The van der Waals surface area contributed by atoms with E-state index >= 15 is 0 Å². The molecule has 0 aromatic heterocycles. The molecular formula is C16H24MgO16U-6. The van der Waals surface area contributed by atoms with Crippen LogP contribution in [-0.2, 0) is 38.4 Å². The van der Waals surface area contributed by atoms with Crippen molar-refractivity contribution < 1.29 is 110 Å². The molecular weight excluding hydrogens is 710 g/mol. The number of carboxylic acid groups (broad SMARTS) is 8. The Morgan fingerprint density at radius 3 is 0.294 bits per heavy atom. The van der Waals surface area contributed by atoms with Crippen LogP contribution < -0.4 is 40.9 Å². The minimum Gasteiger partial charge on any atom is -0.550 e. The van der Waals surface area contributed by atoms with Gasteiger partial charge in [0.15, 0.2) is 0 Å². The summed E-state index contributed by atoms with van der Waals surface area (Å²) in [6.07, 6.45) is 0. The number of carbonyl (C=O) groups excluding carboxylic acids is 8. The van der Waals surface area contributed by atoms with E-state index < -0.39 is 47.8 Å². The van der Waals surface area contributed by atoms with Crippen molar-refractivity contribution in [3.05, 3.63) is 0 Å². The largest absolute Gasteiger partial charge is 2.00 e. The van der Waals surface area contributed by atoms with Gasteiger partial charge in [-0.1, -0.05) is 0 Å². The molecule has 0 radical (unpaired) electrons. The van der Waals surface area contributed by atoms with Crippen molar-refractivity contribution in [1.82, 2.24) is 0 Å². The Bertz CT molecular complexity index is 373. The predicted octanol–water partition coefficient (Wildman–Crippen LogP) is -10.3. The second kappa shape index (κ2) is 57.5. The summed E-state index contributed by atoms with van der Waals surface area (Å²) >= 11 is 0. The summed E-state index contributed by atoms with van der Waals surface area (Å²) < 4.78 is 0. The Labute approximate surface area is 235 Å². The molecule has 34 heavy (non-hydrogen) atoms. The van der Waals surface area contributed by atoms with Crippen LogP contribution in [-0.4, -0.2) is 70.8 Å². The average molecular weight is 735 g/mol. The number of hydrogen-bond donors (Lipinski definition) is 0. The van der Waals surface area contributed by atoms with Crippen LogP contribution in [0.4, 0.5) is 0 Å². The van der Waals surface area contributed by atoms with Crippen molar-refractivity contribution in [3.63, 3.8) is 0 Å². The fraction of sp³-hybridized carbons (Fsp3) is 0.500. The van der Waals surface area contributed by atoms with Crippen LogP contribution in [0.25, 0.3) is 0 Å². The van der Waals surface area contributed by atoms with Gasteiger partial charge in [0.1, 0.15) is 0 Å². The first-order chi connectivity index (χ1) is 13.9. The van der Waals surface area contributed by atoms with Gasteiger partial charge in [-0.2, -0.15) is 0 Å². The first-order valence-electron chi connectivity index (χ1n) is 7.27. The van der Waals surface area contributed by atoms with E-state index in [1.165, 1.54) is 0 Å². The maximum Gasteiger partial charge on any atom is 2.00 e. The van der Waals surface area contributed by atoms with E-state index in [9.17, 15) is 0 Å². The normalized spacial score (nSPS) is 5.88. The summed E-state index contributed by atoms with van der Waals surface area (Å²) in [5, 5.41) is 71.1. The first kappa shape index (κ1) is 63.4. The third kappa shape index (κ3) is 4120. The smallest absolute Gasteiger partial charge is 0.550 e. The molecule has 0 aromatic carbocycles. The monoisotopic (exact) mass is 734 g/mol. The van der Waals surface area contributed by atoms with E-state index in [0.717, 1.165) is 55.4 Å². The van der Waals surface area contributed by atoms with Gasteiger partial charge in [0, 0.05) is 78.9 Å². The fourth-order valence-corrected chi connectivity index (χ4v) is 0. The van der Waals surface area contributed by atoms with Crippen LogP contribution in [0.3, 0.4) is 0 Å². The second-order valence-electron chi connectivity index (χ2n) is 3.93. The summed E-state index contributed by atoms with van der Waals surface area (Å²) in [6.45, 7) is 7.78. The van der Waals surface area contributed by atoms with Gasteiger partial charge in [0.25, 0.3) is 0 Å². The van der Waals surface area contributed by atoms with E-state index in [4.69, 9.17) is 79.2 Å². The number of rotatable bonds is 0. The average Bonchev–Trinajstić information content (AvgIpc) is 2.30. The van der Waals surface area contributed by atoms with Crippen molar-refractivity contribution in [2.24, 2.45) is 0 Å². The van der Waals surface area contributed by atoms with Gasteiger partial charge in [-0.05, 0) is 55.4 Å². The third-order valence-corrected chi connectivity index (χ3v) is 0. The summed E-state index contributed by atoms with van der Waals surface area (Å²) in [4.78, 5) is 71.1. The minimum absolute atomic E-state index is 0. The zero-order valence-electron chi connectivity index (χ0n) is 19.7. The minimum atomic E-state index is -1.08. The molecule has 0 amide bonds. The van der Waals surface area contributed by atoms with Gasteiger partial charge in [-0.25, -0.2) is 0 Å². The SMILES string of the molecule is CC(=O)[O-].CC(=O)[O-].CC(=O)[O-].CC(=O)[O-].CC(=O)[O-].CC(=O)[O-].CC(=O)[O-].CC(=O)[O-].[Mg+2].[U]. The van der Waals surface area contributed by atoms with Gasteiger partial charge in [-0.3, -0.25) is 0 Å². The quantitative estimate of drug-likeness (QED) is 0.209. The van der Waals surface area contributed by atoms with Crippen molar-refractivity contribution in [2.75, 3.05) is 0 Å². The van der Waals surface area contributed by atoms with Crippen molar-refractivity contribution in [3.8, 4) is 0 Å². The Morgan fingerprint density at radius 1 is 0.294 bits per heavy atom. The standard InChI is InChI=1S/8C2H4O2.Mg.U/c8*1-2(3)4;;/h8*1H3,(H,3,4);;/q;;;;;;;;+2;/p-8. The van der Waals surface area contributed by atoms with Gasteiger partial charge in [-0.15, -0.1) is 0 Å². The van der Waals surface area contributed by atoms with Crippen LogP contribution in [0.1, 0.15) is 55.4 Å². The molecule has 0 saturated carbocycles. The molecule has 0 aliphatic rings. The molecule has 0 atom stereocenters. The van der Waals surface area contributed by atoms with Crippen LogP contribution >= 0.6 is 0 Å². The van der Waals surface area contributed by atoms with E-state index in [2.05, 4.69) is 0 Å². The molecule has 0 aliphatic carbocycles. The molecule has 0 N–H and O–H groups in total. The van der Waals surface area contributed by atoms with Crippen LogP contribution in [0, 0.1) is 31.1 Å². The fourth-order valence-electron chi connectivity index (χ4n) is 0. The van der Waals surface area contributed by atoms with Gasteiger partial charge >= 0.3 is 23.1 Å². The number of carbonyl (C=O) groups is 8. The molecule has 18 heteroatoms. The molecule has 196 valence electrons. The zero-order valence-corrected chi connectivity index (χ0v) is 25.3. The molecule has 0 fully saturated rings. The molecule has 0 bridgehead atoms. The van der Waals surface area contributed by atoms with Crippen LogP contribution in [0.15, 0.2) is 0 Å². The zero-order chi connectivity index (χ0) is 28.6. The van der Waals surface area contributed by atoms with Gasteiger partial charge in [0.05, 0.1) is 0 Å². The van der Waals surface area contributed by atoms with Crippen LogP contribution in [0.2, 0.25) is 0 Å². The molecule has 0 aromatic rings. The van der Waals surface area contributed by atoms with Crippen molar-refractivity contribution >= 4 is 70.8 Å². The van der Waals surface area contributed by atoms with Gasteiger partial charge < -0.3 is 79.2 Å². The summed E-state index contributed by atoms with van der Waals surface area (Å²) in [5.41, 5.74) is 0. The number of aliphatic carboxylic acids is 8. The summed E-state index contributed by atoms with van der Waals surface area (Å²) in [7, 11) is 0. The molecule has 16 nitrogen and oxygen atoms in total.